The molecule has 0 saturated carbocycles. The van der Waals surface area contributed by atoms with Gasteiger partial charge in [-0.2, -0.15) is 0 Å². The van der Waals surface area contributed by atoms with Crippen LogP contribution in [0.4, 0.5) is 0 Å². The van der Waals surface area contributed by atoms with Gasteiger partial charge in [-0.3, -0.25) is 0 Å². The van der Waals surface area contributed by atoms with Gasteiger partial charge in [0, 0.05) is 5.57 Å². The molecular weight excluding hydrogens is 164 g/mol. The second-order valence-corrected chi connectivity index (χ2v) is 4.25. The molecule has 2 nitrogen and oxygen atoms in total. The average molecular weight is 184 g/mol. The third-order valence-electron chi connectivity index (χ3n) is 1.98. The van der Waals surface area contributed by atoms with E-state index in [2.05, 4.69) is 13.8 Å². The van der Waals surface area contributed by atoms with Gasteiger partial charge in [0.05, 0.1) is 0 Å². The Labute approximate surface area is 80.7 Å². The zero-order chi connectivity index (χ0) is 10.6. The van der Waals surface area contributed by atoms with Crippen molar-refractivity contribution in [1.82, 2.24) is 0 Å². The maximum atomic E-state index is 10.9. The molecule has 2 heteroatoms. The molecule has 0 radical (unpaired) electrons. The molecular formula is C11H20O2. The van der Waals surface area contributed by atoms with E-state index in [4.69, 9.17) is 5.11 Å². The molecule has 13 heavy (non-hydrogen) atoms. The molecule has 0 saturated heterocycles. The number of hydrogen-bond donors (Lipinski definition) is 1. The van der Waals surface area contributed by atoms with Crippen molar-refractivity contribution in [2.75, 3.05) is 0 Å². The third-order valence-corrected chi connectivity index (χ3v) is 1.98. The van der Waals surface area contributed by atoms with Crippen LogP contribution >= 0.6 is 0 Å². The van der Waals surface area contributed by atoms with Crippen LogP contribution in [-0.4, -0.2) is 11.1 Å². The minimum absolute atomic E-state index is 0.108. The third kappa shape index (κ3) is 4.11. The van der Waals surface area contributed by atoms with E-state index in [1.807, 2.05) is 20.8 Å². The van der Waals surface area contributed by atoms with Gasteiger partial charge in [0.15, 0.2) is 0 Å². The summed E-state index contributed by atoms with van der Waals surface area (Å²) in [6.45, 7) is 9.97. The molecule has 0 amide bonds. The van der Waals surface area contributed by atoms with Gasteiger partial charge >= 0.3 is 5.97 Å². The van der Waals surface area contributed by atoms with Gasteiger partial charge in [-0.05, 0) is 25.2 Å². The molecule has 76 valence electrons. The van der Waals surface area contributed by atoms with Crippen molar-refractivity contribution in [2.45, 2.75) is 41.0 Å². The lowest BCUT2D eigenvalue weighted by Crippen LogP contribution is -2.10. The average Bonchev–Trinajstić information content (AvgIpc) is 1.81. The van der Waals surface area contributed by atoms with Crippen molar-refractivity contribution in [3.8, 4) is 0 Å². The lowest BCUT2D eigenvalue weighted by molar-refractivity contribution is -0.133. The zero-order valence-corrected chi connectivity index (χ0v) is 9.22. The van der Waals surface area contributed by atoms with E-state index in [-0.39, 0.29) is 5.92 Å². The predicted molar refractivity (Wildman–Crippen MR) is 54.6 cm³/mol. The molecule has 0 fully saturated rings. The van der Waals surface area contributed by atoms with Crippen molar-refractivity contribution < 1.29 is 9.90 Å². The molecule has 0 aliphatic heterocycles. The lowest BCUT2D eigenvalue weighted by atomic mass is 9.93. The van der Waals surface area contributed by atoms with E-state index in [9.17, 15) is 4.79 Å². The highest BCUT2D eigenvalue weighted by molar-refractivity contribution is 5.87. The Morgan fingerprint density at radius 3 is 1.92 bits per heavy atom. The van der Waals surface area contributed by atoms with E-state index in [1.165, 1.54) is 0 Å². The maximum absolute atomic E-state index is 10.9. The van der Waals surface area contributed by atoms with Crippen LogP contribution in [0.15, 0.2) is 11.1 Å². The number of aliphatic carboxylic acids is 1. The Bertz CT molecular complexity index is 212. The normalized spacial score (nSPS) is 13.5. The van der Waals surface area contributed by atoms with Crippen LogP contribution in [0.25, 0.3) is 0 Å². The van der Waals surface area contributed by atoms with Gasteiger partial charge in [-0.15, -0.1) is 0 Å². The molecule has 0 aromatic heterocycles. The maximum Gasteiger partial charge on any atom is 0.331 e. The monoisotopic (exact) mass is 184 g/mol. The van der Waals surface area contributed by atoms with Crippen molar-refractivity contribution in [3.05, 3.63) is 11.1 Å². The van der Waals surface area contributed by atoms with E-state index < -0.39 is 5.97 Å². The first-order chi connectivity index (χ1) is 5.86. The Morgan fingerprint density at radius 2 is 1.69 bits per heavy atom. The van der Waals surface area contributed by atoms with Gasteiger partial charge < -0.3 is 5.11 Å². The van der Waals surface area contributed by atoms with E-state index in [0.29, 0.717) is 11.5 Å². The van der Waals surface area contributed by atoms with Crippen molar-refractivity contribution >= 4 is 5.97 Å². The molecule has 0 aromatic rings. The Kier molecular flexibility index (Phi) is 4.74. The molecule has 0 unspecified atom stereocenters. The number of rotatable bonds is 4. The fourth-order valence-corrected chi connectivity index (χ4v) is 1.64. The predicted octanol–water partition coefficient (Wildman–Crippen LogP) is 3.09. The van der Waals surface area contributed by atoms with E-state index in [0.717, 1.165) is 12.0 Å². The summed E-state index contributed by atoms with van der Waals surface area (Å²) in [4.78, 5) is 10.9. The van der Waals surface area contributed by atoms with Crippen molar-refractivity contribution in [2.24, 2.45) is 11.8 Å². The quantitative estimate of drug-likeness (QED) is 0.682. The highest BCUT2D eigenvalue weighted by Crippen LogP contribution is 2.20. The second-order valence-electron chi connectivity index (χ2n) is 4.25. The fraction of sp³-hybridized carbons (Fsp3) is 0.727. The van der Waals surface area contributed by atoms with Crippen LogP contribution in [0.3, 0.4) is 0 Å². The lowest BCUT2D eigenvalue weighted by Gasteiger charge is -2.13. The molecule has 0 heterocycles. The number of hydrogen-bond acceptors (Lipinski definition) is 1. The van der Waals surface area contributed by atoms with Gasteiger partial charge in [0.25, 0.3) is 0 Å². The SMILES string of the molecule is CC(CC(C)C)=C(C(=O)O)C(C)C. The number of allylic oxidation sites excluding steroid dienone is 1. The minimum atomic E-state index is -0.770. The van der Waals surface area contributed by atoms with E-state index >= 15 is 0 Å². The summed E-state index contributed by atoms with van der Waals surface area (Å²) in [6, 6.07) is 0. The first-order valence-electron chi connectivity index (χ1n) is 4.79. The van der Waals surface area contributed by atoms with Crippen molar-refractivity contribution in [1.29, 1.82) is 0 Å². The largest absolute Gasteiger partial charge is 0.478 e. The van der Waals surface area contributed by atoms with Gasteiger partial charge in [-0.1, -0.05) is 33.3 Å². The number of carbonyl (C=O) groups is 1. The Hall–Kier alpha value is -0.790. The summed E-state index contributed by atoms with van der Waals surface area (Å²) in [6.07, 6.45) is 0.875. The molecule has 0 bridgehead atoms. The van der Waals surface area contributed by atoms with Crippen LogP contribution in [0, 0.1) is 11.8 Å². The van der Waals surface area contributed by atoms with Crippen molar-refractivity contribution in [3.63, 3.8) is 0 Å². The van der Waals surface area contributed by atoms with Crippen LogP contribution in [-0.2, 0) is 4.79 Å². The van der Waals surface area contributed by atoms with Crippen LogP contribution in [0.2, 0.25) is 0 Å². The summed E-state index contributed by atoms with van der Waals surface area (Å²) in [5.74, 6) is -0.141. The zero-order valence-electron chi connectivity index (χ0n) is 9.22. The fourth-order valence-electron chi connectivity index (χ4n) is 1.64. The summed E-state index contributed by atoms with van der Waals surface area (Å²) >= 11 is 0. The van der Waals surface area contributed by atoms with Crippen LogP contribution in [0.1, 0.15) is 41.0 Å². The van der Waals surface area contributed by atoms with Gasteiger partial charge in [-0.25, -0.2) is 4.79 Å². The topological polar surface area (TPSA) is 37.3 Å². The molecule has 0 aliphatic carbocycles. The standard InChI is InChI=1S/C11H20O2/c1-7(2)6-9(5)10(8(3)4)11(12)13/h7-8H,6H2,1-5H3,(H,12,13). The highest BCUT2D eigenvalue weighted by Gasteiger charge is 2.15. The Balaban J connectivity index is 4.76. The first kappa shape index (κ1) is 12.2. The molecule has 0 atom stereocenters. The molecule has 0 spiro atoms. The minimum Gasteiger partial charge on any atom is -0.478 e. The summed E-state index contributed by atoms with van der Waals surface area (Å²) < 4.78 is 0. The second kappa shape index (κ2) is 5.05. The highest BCUT2D eigenvalue weighted by atomic mass is 16.4. The Morgan fingerprint density at radius 1 is 1.23 bits per heavy atom. The van der Waals surface area contributed by atoms with E-state index in [1.54, 1.807) is 0 Å². The van der Waals surface area contributed by atoms with Crippen LogP contribution < -0.4 is 0 Å². The van der Waals surface area contributed by atoms with Gasteiger partial charge in [0.2, 0.25) is 0 Å². The molecule has 1 N–H and O–H groups in total. The molecule has 0 aromatic carbocycles. The first-order valence-corrected chi connectivity index (χ1v) is 4.79. The molecule has 0 rings (SSSR count). The number of carboxylic acid groups (broad SMARTS) is 1. The summed E-state index contributed by atoms with van der Waals surface area (Å²) in [5.41, 5.74) is 1.59. The molecule has 0 aliphatic rings. The smallest absolute Gasteiger partial charge is 0.331 e. The number of carboxylic acids is 1. The summed E-state index contributed by atoms with van der Waals surface area (Å²) in [5, 5.41) is 8.97. The summed E-state index contributed by atoms with van der Waals surface area (Å²) in [7, 11) is 0. The van der Waals surface area contributed by atoms with Gasteiger partial charge in [0.1, 0.15) is 0 Å². The van der Waals surface area contributed by atoms with Crippen LogP contribution in [0.5, 0.6) is 0 Å².